The summed E-state index contributed by atoms with van der Waals surface area (Å²) in [4.78, 5) is 23.7. The quantitative estimate of drug-likeness (QED) is 0.456. The van der Waals surface area contributed by atoms with Crippen molar-refractivity contribution < 1.29 is 19.1 Å². The first kappa shape index (κ1) is 18.8. The van der Waals surface area contributed by atoms with Gasteiger partial charge in [0.2, 0.25) is 0 Å². The fourth-order valence-electron chi connectivity index (χ4n) is 2.05. The predicted octanol–water partition coefficient (Wildman–Crippen LogP) is 2.73. The largest absolute Gasteiger partial charge is 0.493 e. The van der Waals surface area contributed by atoms with Gasteiger partial charge in [0.25, 0.3) is 11.8 Å². The minimum atomic E-state index is -0.458. The van der Waals surface area contributed by atoms with Crippen LogP contribution in [0.4, 0.5) is 0 Å². The molecule has 2 N–H and O–H groups in total. The number of amides is 2. The van der Waals surface area contributed by atoms with Gasteiger partial charge in [-0.25, -0.2) is 0 Å². The summed E-state index contributed by atoms with van der Waals surface area (Å²) in [5.74, 6) is 0.286. The van der Waals surface area contributed by atoms with Gasteiger partial charge >= 0.3 is 0 Å². The maximum Gasteiger partial charge on any atom is 0.269 e. The normalized spacial score (nSPS) is 10.2. The van der Waals surface area contributed by atoms with E-state index in [1.54, 1.807) is 60.7 Å². The van der Waals surface area contributed by atoms with E-state index < -0.39 is 11.8 Å². The molecule has 0 aliphatic carbocycles. The van der Waals surface area contributed by atoms with Gasteiger partial charge in [-0.2, -0.15) is 0 Å². The number of benzene rings is 2. The lowest BCUT2D eigenvalue weighted by Gasteiger charge is -2.09. The van der Waals surface area contributed by atoms with Crippen molar-refractivity contribution >= 4 is 17.9 Å². The number of carbonyl (C=O) groups is 2. The summed E-state index contributed by atoms with van der Waals surface area (Å²) in [6.07, 6.45) is 4.55. The summed E-state index contributed by atoms with van der Waals surface area (Å²) >= 11 is 0. The number of ether oxygens (including phenoxy) is 2. The molecule has 2 aromatic rings. The van der Waals surface area contributed by atoms with Gasteiger partial charge in [0.15, 0.2) is 11.5 Å². The van der Waals surface area contributed by atoms with E-state index in [-0.39, 0.29) is 0 Å². The SMILES string of the molecule is C=CCOc1ccc(/C=C/C(=O)NNC(=O)c2ccccc2)cc1OC. The molecule has 0 bridgehead atoms. The molecule has 26 heavy (non-hydrogen) atoms. The monoisotopic (exact) mass is 352 g/mol. The van der Waals surface area contributed by atoms with E-state index in [1.165, 1.54) is 13.2 Å². The lowest BCUT2D eigenvalue weighted by atomic mass is 10.2. The maximum atomic E-state index is 11.8. The van der Waals surface area contributed by atoms with Gasteiger partial charge in [-0.3, -0.25) is 20.4 Å². The second-order valence-electron chi connectivity index (χ2n) is 5.15. The molecule has 0 saturated carbocycles. The topological polar surface area (TPSA) is 76.7 Å². The van der Waals surface area contributed by atoms with Gasteiger partial charge in [0.05, 0.1) is 7.11 Å². The minimum Gasteiger partial charge on any atom is -0.493 e. The molecule has 0 aliphatic heterocycles. The van der Waals surface area contributed by atoms with Gasteiger partial charge in [-0.05, 0) is 35.9 Å². The third kappa shape index (κ3) is 5.52. The van der Waals surface area contributed by atoms with Crippen molar-refractivity contribution in [1.29, 1.82) is 0 Å². The van der Waals surface area contributed by atoms with Gasteiger partial charge in [-0.15, -0.1) is 0 Å². The highest BCUT2D eigenvalue weighted by Gasteiger charge is 2.06. The van der Waals surface area contributed by atoms with E-state index in [9.17, 15) is 9.59 Å². The Morgan fingerprint density at radius 1 is 1.08 bits per heavy atom. The summed E-state index contributed by atoms with van der Waals surface area (Å²) in [6, 6.07) is 13.9. The molecular weight excluding hydrogens is 332 g/mol. The number of nitrogens with one attached hydrogen (secondary N) is 2. The van der Waals surface area contributed by atoms with Crippen LogP contribution in [0.2, 0.25) is 0 Å². The van der Waals surface area contributed by atoms with Gasteiger partial charge in [0.1, 0.15) is 6.61 Å². The zero-order valence-corrected chi connectivity index (χ0v) is 14.4. The number of hydrazine groups is 1. The Bertz CT molecular complexity index is 801. The highest BCUT2D eigenvalue weighted by atomic mass is 16.5. The third-order valence-corrected chi connectivity index (χ3v) is 3.31. The highest BCUT2D eigenvalue weighted by Crippen LogP contribution is 2.28. The van der Waals surface area contributed by atoms with Crippen LogP contribution in [0.1, 0.15) is 15.9 Å². The zero-order chi connectivity index (χ0) is 18.8. The molecule has 0 fully saturated rings. The van der Waals surface area contributed by atoms with Crippen LogP contribution in [0.5, 0.6) is 11.5 Å². The van der Waals surface area contributed by atoms with E-state index >= 15 is 0 Å². The minimum absolute atomic E-state index is 0.370. The highest BCUT2D eigenvalue weighted by molar-refractivity contribution is 5.97. The third-order valence-electron chi connectivity index (χ3n) is 3.31. The Morgan fingerprint density at radius 2 is 1.85 bits per heavy atom. The van der Waals surface area contributed by atoms with Gasteiger partial charge in [0, 0.05) is 11.6 Å². The molecule has 0 saturated heterocycles. The molecule has 6 heteroatoms. The lowest BCUT2D eigenvalue weighted by molar-refractivity contribution is -0.117. The Morgan fingerprint density at radius 3 is 2.54 bits per heavy atom. The molecule has 0 spiro atoms. The van der Waals surface area contributed by atoms with Crippen LogP contribution in [0.25, 0.3) is 6.08 Å². The van der Waals surface area contributed by atoms with Crippen molar-refractivity contribution in [2.45, 2.75) is 0 Å². The number of carbonyl (C=O) groups excluding carboxylic acids is 2. The van der Waals surface area contributed by atoms with Crippen LogP contribution in [0, 0.1) is 0 Å². The molecule has 2 rings (SSSR count). The Kier molecular flexibility index (Phi) is 7.00. The molecule has 0 radical (unpaired) electrons. The van der Waals surface area contributed by atoms with Crippen molar-refractivity contribution in [1.82, 2.24) is 10.9 Å². The number of methoxy groups -OCH3 is 1. The van der Waals surface area contributed by atoms with E-state index in [0.717, 1.165) is 5.56 Å². The number of hydrogen-bond acceptors (Lipinski definition) is 4. The van der Waals surface area contributed by atoms with Crippen LogP contribution in [-0.2, 0) is 4.79 Å². The summed E-state index contributed by atoms with van der Waals surface area (Å²) in [5.41, 5.74) is 5.88. The fourth-order valence-corrected chi connectivity index (χ4v) is 2.05. The average Bonchev–Trinajstić information content (AvgIpc) is 2.69. The van der Waals surface area contributed by atoms with Crippen LogP contribution in [0.3, 0.4) is 0 Å². The first-order chi connectivity index (χ1) is 12.6. The fraction of sp³-hybridized carbons (Fsp3) is 0.100. The average molecular weight is 352 g/mol. The molecule has 0 heterocycles. The van der Waals surface area contributed by atoms with Crippen LogP contribution in [0.15, 0.2) is 67.3 Å². The summed E-state index contributed by atoms with van der Waals surface area (Å²) < 4.78 is 10.7. The molecular formula is C20H20N2O4. The van der Waals surface area contributed by atoms with E-state index in [2.05, 4.69) is 17.4 Å². The number of rotatable bonds is 7. The smallest absolute Gasteiger partial charge is 0.269 e. The van der Waals surface area contributed by atoms with Crippen molar-refractivity contribution in [3.8, 4) is 11.5 Å². The summed E-state index contributed by atoms with van der Waals surface area (Å²) in [5, 5.41) is 0. The van der Waals surface area contributed by atoms with Gasteiger partial charge in [-0.1, -0.05) is 36.9 Å². The van der Waals surface area contributed by atoms with Gasteiger partial charge < -0.3 is 9.47 Å². The van der Waals surface area contributed by atoms with E-state index in [1.807, 2.05) is 0 Å². The first-order valence-corrected chi connectivity index (χ1v) is 7.89. The molecule has 0 aliphatic rings. The van der Waals surface area contributed by atoms with Crippen LogP contribution >= 0.6 is 0 Å². The van der Waals surface area contributed by atoms with Crippen molar-refractivity contribution in [2.75, 3.05) is 13.7 Å². The maximum absolute atomic E-state index is 11.8. The van der Waals surface area contributed by atoms with Crippen LogP contribution < -0.4 is 20.3 Å². The Labute approximate surface area is 152 Å². The second kappa shape index (κ2) is 9.68. The molecule has 0 unspecified atom stereocenters. The molecule has 0 atom stereocenters. The van der Waals surface area contributed by atoms with E-state index in [4.69, 9.17) is 9.47 Å². The molecule has 0 aromatic heterocycles. The molecule has 134 valence electrons. The standard InChI is InChI=1S/C20H20N2O4/c1-3-13-26-17-11-9-15(14-18(17)25-2)10-12-19(23)21-22-20(24)16-7-5-4-6-8-16/h3-12,14H,1,13H2,2H3,(H,21,23)(H,22,24)/b12-10+. The Hall–Kier alpha value is -3.54. The zero-order valence-electron chi connectivity index (χ0n) is 14.4. The predicted molar refractivity (Wildman–Crippen MR) is 99.8 cm³/mol. The molecule has 2 aromatic carbocycles. The Balaban J connectivity index is 1.93. The second-order valence-corrected chi connectivity index (χ2v) is 5.15. The summed E-state index contributed by atoms with van der Waals surface area (Å²) in [7, 11) is 1.54. The van der Waals surface area contributed by atoms with E-state index in [0.29, 0.717) is 23.7 Å². The van der Waals surface area contributed by atoms with Crippen molar-refractivity contribution in [3.63, 3.8) is 0 Å². The first-order valence-electron chi connectivity index (χ1n) is 7.89. The van der Waals surface area contributed by atoms with Crippen LogP contribution in [-0.4, -0.2) is 25.5 Å². The molecule has 2 amide bonds. The van der Waals surface area contributed by atoms with Crippen molar-refractivity contribution in [3.05, 3.63) is 78.4 Å². The summed E-state index contributed by atoms with van der Waals surface area (Å²) in [6.45, 7) is 3.97. The molecule has 6 nitrogen and oxygen atoms in total. The number of hydrogen-bond donors (Lipinski definition) is 2. The van der Waals surface area contributed by atoms with Crippen molar-refractivity contribution in [2.24, 2.45) is 0 Å². The lowest BCUT2D eigenvalue weighted by Crippen LogP contribution is -2.40.